The van der Waals surface area contributed by atoms with Gasteiger partial charge in [0.1, 0.15) is 5.75 Å². The largest absolute Gasteiger partial charge is 0.481 e. The van der Waals surface area contributed by atoms with Gasteiger partial charge in [-0.15, -0.1) is 0 Å². The third-order valence-electron chi connectivity index (χ3n) is 2.88. The van der Waals surface area contributed by atoms with Gasteiger partial charge in [0.15, 0.2) is 6.10 Å². The summed E-state index contributed by atoms with van der Waals surface area (Å²) in [5.74, 6) is 0.500. The Morgan fingerprint density at radius 2 is 1.81 bits per heavy atom. The van der Waals surface area contributed by atoms with Crippen LogP contribution in [0.3, 0.4) is 0 Å². The number of hydrogen-bond donors (Lipinski definition) is 1. The highest BCUT2D eigenvalue weighted by Crippen LogP contribution is 2.17. The zero-order chi connectivity index (χ0) is 15.2. The van der Waals surface area contributed by atoms with Crippen LogP contribution in [0.5, 0.6) is 5.75 Å². The van der Waals surface area contributed by atoms with Gasteiger partial charge in [-0.2, -0.15) is 0 Å². The second-order valence-corrected chi connectivity index (χ2v) is 5.91. The van der Waals surface area contributed by atoms with Gasteiger partial charge in [-0.1, -0.05) is 39.7 Å². The Morgan fingerprint density at radius 1 is 1.19 bits per heavy atom. The minimum atomic E-state index is -0.557. The van der Waals surface area contributed by atoms with Crippen LogP contribution in [0, 0.1) is 0 Å². The Morgan fingerprint density at radius 3 is 2.43 bits per heavy atom. The standard InChI is InChI=1S/C16H15BrClNO2/c1-11(21-15-8-4-13(17)5-9-15)16(20)19-10-12-2-6-14(18)7-3-12/h2-9,11H,10H2,1H3,(H,19,20). The molecule has 5 heteroatoms. The van der Waals surface area contributed by atoms with E-state index in [1.807, 2.05) is 36.4 Å². The normalized spacial score (nSPS) is 11.8. The summed E-state index contributed by atoms with van der Waals surface area (Å²) >= 11 is 9.17. The summed E-state index contributed by atoms with van der Waals surface area (Å²) in [5, 5.41) is 3.51. The molecule has 3 nitrogen and oxygen atoms in total. The zero-order valence-corrected chi connectivity index (χ0v) is 13.8. The number of carbonyl (C=O) groups excluding carboxylic acids is 1. The van der Waals surface area contributed by atoms with E-state index < -0.39 is 6.10 Å². The summed E-state index contributed by atoms with van der Waals surface area (Å²) in [4.78, 5) is 12.0. The van der Waals surface area contributed by atoms with Gasteiger partial charge in [-0.05, 0) is 48.9 Å². The van der Waals surface area contributed by atoms with Gasteiger partial charge in [-0.25, -0.2) is 0 Å². The summed E-state index contributed by atoms with van der Waals surface area (Å²) in [6.07, 6.45) is -0.557. The monoisotopic (exact) mass is 367 g/mol. The van der Waals surface area contributed by atoms with Crippen LogP contribution in [-0.4, -0.2) is 12.0 Å². The molecule has 0 saturated carbocycles. The molecule has 1 N–H and O–H groups in total. The van der Waals surface area contributed by atoms with Crippen molar-refractivity contribution in [2.24, 2.45) is 0 Å². The maximum atomic E-state index is 12.0. The topological polar surface area (TPSA) is 38.3 Å². The molecule has 2 aromatic rings. The molecule has 0 aliphatic carbocycles. The van der Waals surface area contributed by atoms with Crippen LogP contribution in [0.2, 0.25) is 5.02 Å². The van der Waals surface area contributed by atoms with E-state index in [4.69, 9.17) is 16.3 Å². The summed E-state index contributed by atoms with van der Waals surface area (Å²) in [6, 6.07) is 14.7. The quantitative estimate of drug-likeness (QED) is 0.859. The van der Waals surface area contributed by atoms with Crippen LogP contribution in [-0.2, 0) is 11.3 Å². The highest BCUT2D eigenvalue weighted by atomic mass is 79.9. The van der Waals surface area contributed by atoms with Gasteiger partial charge in [0.25, 0.3) is 5.91 Å². The fourth-order valence-corrected chi connectivity index (χ4v) is 2.10. The van der Waals surface area contributed by atoms with E-state index in [0.29, 0.717) is 17.3 Å². The number of hydrogen-bond acceptors (Lipinski definition) is 2. The third kappa shape index (κ3) is 5.06. The van der Waals surface area contributed by atoms with Crippen molar-refractivity contribution in [1.29, 1.82) is 0 Å². The highest BCUT2D eigenvalue weighted by Gasteiger charge is 2.14. The Labute approximate surface area is 137 Å². The fourth-order valence-electron chi connectivity index (χ4n) is 1.71. The van der Waals surface area contributed by atoms with Crippen LogP contribution in [0.15, 0.2) is 53.0 Å². The summed E-state index contributed by atoms with van der Waals surface area (Å²) < 4.78 is 6.55. The number of carbonyl (C=O) groups is 1. The van der Waals surface area contributed by atoms with E-state index >= 15 is 0 Å². The molecule has 0 bridgehead atoms. The first-order chi connectivity index (χ1) is 10.0. The van der Waals surface area contributed by atoms with Crippen molar-refractivity contribution in [3.05, 3.63) is 63.6 Å². The predicted molar refractivity (Wildman–Crippen MR) is 87.5 cm³/mol. The smallest absolute Gasteiger partial charge is 0.261 e. The van der Waals surface area contributed by atoms with Crippen molar-refractivity contribution >= 4 is 33.4 Å². The number of nitrogens with one attached hydrogen (secondary N) is 1. The molecule has 0 saturated heterocycles. The molecular formula is C16H15BrClNO2. The fraction of sp³-hybridized carbons (Fsp3) is 0.188. The van der Waals surface area contributed by atoms with E-state index in [2.05, 4.69) is 21.2 Å². The van der Waals surface area contributed by atoms with Crippen molar-refractivity contribution in [3.63, 3.8) is 0 Å². The Kier molecular flexibility index (Phi) is 5.65. The lowest BCUT2D eigenvalue weighted by Crippen LogP contribution is -2.35. The predicted octanol–water partition coefficient (Wildman–Crippen LogP) is 4.19. The van der Waals surface area contributed by atoms with E-state index in [0.717, 1.165) is 10.0 Å². The Hall–Kier alpha value is -1.52. The molecule has 1 unspecified atom stereocenters. The van der Waals surface area contributed by atoms with E-state index in [9.17, 15) is 4.79 Å². The average molecular weight is 369 g/mol. The highest BCUT2D eigenvalue weighted by molar-refractivity contribution is 9.10. The summed E-state index contributed by atoms with van der Waals surface area (Å²) in [7, 11) is 0. The van der Waals surface area contributed by atoms with Gasteiger partial charge >= 0.3 is 0 Å². The van der Waals surface area contributed by atoms with Gasteiger partial charge < -0.3 is 10.1 Å². The average Bonchev–Trinajstić information content (AvgIpc) is 2.48. The first kappa shape index (κ1) is 15.9. The van der Waals surface area contributed by atoms with Crippen LogP contribution in [0.4, 0.5) is 0 Å². The van der Waals surface area contributed by atoms with Crippen LogP contribution < -0.4 is 10.1 Å². The number of amides is 1. The molecule has 2 aromatic carbocycles. The molecule has 0 fully saturated rings. The van der Waals surface area contributed by atoms with Gasteiger partial charge in [0.2, 0.25) is 0 Å². The van der Waals surface area contributed by atoms with Gasteiger partial charge in [-0.3, -0.25) is 4.79 Å². The molecule has 1 atom stereocenters. The van der Waals surface area contributed by atoms with E-state index in [1.165, 1.54) is 0 Å². The molecule has 0 heterocycles. The van der Waals surface area contributed by atoms with Crippen molar-refractivity contribution in [1.82, 2.24) is 5.32 Å². The van der Waals surface area contributed by atoms with Crippen molar-refractivity contribution in [3.8, 4) is 5.75 Å². The third-order valence-corrected chi connectivity index (χ3v) is 3.66. The van der Waals surface area contributed by atoms with Crippen LogP contribution in [0.1, 0.15) is 12.5 Å². The summed E-state index contributed by atoms with van der Waals surface area (Å²) in [6.45, 7) is 2.17. The first-order valence-corrected chi connectivity index (χ1v) is 7.66. The SMILES string of the molecule is CC(Oc1ccc(Br)cc1)C(=O)NCc1ccc(Cl)cc1. The van der Waals surface area contributed by atoms with Crippen LogP contribution in [0.25, 0.3) is 0 Å². The zero-order valence-electron chi connectivity index (χ0n) is 11.5. The number of benzene rings is 2. The molecule has 110 valence electrons. The Bertz CT molecular complexity index is 599. The van der Waals surface area contributed by atoms with Gasteiger partial charge in [0.05, 0.1) is 0 Å². The molecule has 21 heavy (non-hydrogen) atoms. The van der Waals surface area contributed by atoms with Crippen LogP contribution >= 0.6 is 27.5 Å². The summed E-state index contributed by atoms with van der Waals surface area (Å²) in [5.41, 5.74) is 0.989. The lowest BCUT2D eigenvalue weighted by Gasteiger charge is -2.14. The Balaban J connectivity index is 1.84. The van der Waals surface area contributed by atoms with Crippen molar-refractivity contribution in [2.75, 3.05) is 0 Å². The number of halogens is 2. The maximum Gasteiger partial charge on any atom is 0.261 e. The molecule has 1 amide bonds. The molecule has 0 radical (unpaired) electrons. The van der Waals surface area contributed by atoms with E-state index in [-0.39, 0.29) is 5.91 Å². The lowest BCUT2D eigenvalue weighted by molar-refractivity contribution is -0.127. The molecule has 0 aliphatic rings. The molecule has 0 aromatic heterocycles. The number of rotatable bonds is 5. The second kappa shape index (κ2) is 7.48. The molecular weight excluding hydrogens is 354 g/mol. The minimum Gasteiger partial charge on any atom is -0.481 e. The maximum absolute atomic E-state index is 12.0. The second-order valence-electron chi connectivity index (χ2n) is 4.56. The minimum absolute atomic E-state index is 0.159. The van der Waals surface area contributed by atoms with Gasteiger partial charge in [0, 0.05) is 16.0 Å². The van der Waals surface area contributed by atoms with E-state index in [1.54, 1.807) is 19.1 Å². The van der Waals surface area contributed by atoms with Crippen molar-refractivity contribution in [2.45, 2.75) is 19.6 Å². The molecule has 0 aliphatic heterocycles. The molecule has 0 spiro atoms. The number of ether oxygens (including phenoxy) is 1. The first-order valence-electron chi connectivity index (χ1n) is 6.49. The lowest BCUT2D eigenvalue weighted by atomic mass is 10.2. The van der Waals surface area contributed by atoms with Crippen molar-refractivity contribution < 1.29 is 9.53 Å². The molecule has 2 rings (SSSR count).